The van der Waals surface area contributed by atoms with Gasteiger partial charge in [0.05, 0.1) is 22.3 Å². The summed E-state index contributed by atoms with van der Waals surface area (Å²) in [7, 11) is 0. The molecule has 0 spiro atoms. The molecule has 0 amide bonds. The fraction of sp³-hybridized carbons (Fsp3) is 0.111. The molecule has 0 radical (unpaired) electrons. The van der Waals surface area contributed by atoms with E-state index in [2.05, 4.69) is 0 Å². The van der Waals surface area contributed by atoms with E-state index in [1.807, 2.05) is 0 Å². The lowest BCUT2D eigenvalue weighted by atomic mass is 9.86. The lowest BCUT2D eigenvalue weighted by molar-refractivity contribution is -0.384. The summed E-state index contributed by atoms with van der Waals surface area (Å²) in [6.45, 7) is 0. The molecule has 2 heterocycles. The summed E-state index contributed by atoms with van der Waals surface area (Å²) in [5.74, 6) is -0.989. The zero-order valence-corrected chi connectivity index (χ0v) is 12.8. The molecule has 2 aromatic carbocycles. The van der Waals surface area contributed by atoms with Crippen LogP contribution in [0, 0.1) is 10.1 Å². The Morgan fingerprint density at radius 1 is 1.08 bits per heavy atom. The lowest BCUT2D eigenvalue weighted by Gasteiger charge is -2.24. The zero-order valence-electron chi connectivity index (χ0n) is 12.8. The molecular weight excluding hydrogens is 326 g/mol. The van der Waals surface area contributed by atoms with E-state index in [0.29, 0.717) is 16.5 Å². The van der Waals surface area contributed by atoms with E-state index in [-0.39, 0.29) is 23.4 Å². The molecular formula is C18H11NO6. The van der Waals surface area contributed by atoms with Crippen molar-refractivity contribution >= 4 is 22.6 Å². The number of fused-ring (bicyclic) bond motifs is 3. The Morgan fingerprint density at radius 3 is 2.68 bits per heavy atom. The fourth-order valence-electron chi connectivity index (χ4n) is 3.11. The van der Waals surface area contributed by atoms with Crippen LogP contribution in [0.2, 0.25) is 0 Å². The number of non-ortho nitro benzene ring substituents is 1. The maximum absolute atomic E-state index is 12.5. The van der Waals surface area contributed by atoms with E-state index < -0.39 is 22.4 Å². The second-order valence-corrected chi connectivity index (χ2v) is 5.71. The highest BCUT2D eigenvalue weighted by atomic mass is 16.6. The Morgan fingerprint density at radius 2 is 1.88 bits per heavy atom. The molecule has 7 nitrogen and oxygen atoms in total. The number of hydrogen-bond donors (Lipinski definition) is 0. The first-order valence-corrected chi connectivity index (χ1v) is 7.55. The SMILES string of the molecule is O=C1C[C@@H](c2cccc([N+](=O)[O-])c2)c2c(c3ccccc3oc2=O)O1. The van der Waals surface area contributed by atoms with Gasteiger partial charge in [0.2, 0.25) is 0 Å². The van der Waals surface area contributed by atoms with Crippen LogP contribution in [0.15, 0.2) is 57.7 Å². The number of carbonyl (C=O) groups excluding carboxylic acids is 1. The maximum atomic E-state index is 12.5. The molecule has 4 rings (SSSR count). The van der Waals surface area contributed by atoms with Crippen molar-refractivity contribution < 1.29 is 18.9 Å². The molecule has 124 valence electrons. The summed E-state index contributed by atoms with van der Waals surface area (Å²) in [5, 5.41) is 11.5. The minimum atomic E-state index is -0.656. The number of esters is 1. The monoisotopic (exact) mass is 337 g/mol. The van der Waals surface area contributed by atoms with Gasteiger partial charge in [-0.1, -0.05) is 24.3 Å². The molecule has 0 fully saturated rings. The van der Waals surface area contributed by atoms with Crippen molar-refractivity contribution in [2.75, 3.05) is 0 Å². The van der Waals surface area contributed by atoms with Crippen molar-refractivity contribution in [3.8, 4) is 5.75 Å². The van der Waals surface area contributed by atoms with Gasteiger partial charge < -0.3 is 9.15 Å². The number of nitro groups is 1. The highest BCUT2D eigenvalue weighted by Crippen LogP contribution is 2.41. The molecule has 0 saturated heterocycles. The predicted molar refractivity (Wildman–Crippen MR) is 87.7 cm³/mol. The standard InChI is InChI=1S/C18H11NO6/c20-15-9-13(10-4-3-5-11(8-10)19(22)23)16-17(25-15)12-6-1-2-7-14(12)24-18(16)21/h1-8,13H,9H2/t13-/m0/s1. The molecule has 0 aliphatic carbocycles. The summed E-state index contributed by atoms with van der Waals surface area (Å²) in [5.41, 5.74) is 0.299. The second-order valence-electron chi connectivity index (χ2n) is 5.71. The topological polar surface area (TPSA) is 99.6 Å². The number of nitrogens with zero attached hydrogens (tertiary/aromatic N) is 1. The molecule has 1 aliphatic rings. The predicted octanol–water partition coefficient (Wildman–Crippen LogP) is 3.14. The average molecular weight is 337 g/mol. The molecule has 1 aliphatic heterocycles. The van der Waals surface area contributed by atoms with Gasteiger partial charge in [-0.15, -0.1) is 0 Å². The van der Waals surface area contributed by atoms with Crippen LogP contribution in [0.5, 0.6) is 5.75 Å². The third kappa shape index (κ3) is 2.46. The Labute approximate surface area is 140 Å². The minimum Gasteiger partial charge on any atom is -0.425 e. The fourth-order valence-corrected chi connectivity index (χ4v) is 3.11. The molecule has 3 aromatic rings. The Bertz CT molecular complexity index is 1080. The summed E-state index contributed by atoms with van der Waals surface area (Å²) in [4.78, 5) is 35.1. The molecule has 25 heavy (non-hydrogen) atoms. The Hall–Kier alpha value is -3.48. The molecule has 7 heteroatoms. The smallest absolute Gasteiger partial charge is 0.343 e. The van der Waals surface area contributed by atoms with Crippen LogP contribution >= 0.6 is 0 Å². The third-order valence-electron chi connectivity index (χ3n) is 4.22. The van der Waals surface area contributed by atoms with Crippen LogP contribution in [0.25, 0.3) is 11.0 Å². The van der Waals surface area contributed by atoms with E-state index >= 15 is 0 Å². The Kier molecular flexibility index (Phi) is 3.35. The van der Waals surface area contributed by atoms with Crippen LogP contribution in [0.3, 0.4) is 0 Å². The number of nitro benzene ring substituents is 1. The van der Waals surface area contributed by atoms with Gasteiger partial charge in [0.15, 0.2) is 5.75 Å². The second kappa shape index (κ2) is 5.55. The van der Waals surface area contributed by atoms with E-state index in [0.717, 1.165) is 0 Å². The first kappa shape index (κ1) is 15.1. The van der Waals surface area contributed by atoms with Crippen LogP contribution in [-0.4, -0.2) is 10.9 Å². The van der Waals surface area contributed by atoms with Crippen LogP contribution in [0.4, 0.5) is 5.69 Å². The molecule has 0 unspecified atom stereocenters. The van der Waals surface area contributed by atoms with Crippen LogP contribution < -0.4 is 10.4 Å². The quantitative estimate of drug-likeness (QED) is 0.308. The molecule has 0 N–H and O–H groups in total. The van der Waals surface area contributed by atoms with Gasteiger partial charge in [-0.2, -0.15) is 0 Å². The maximum Gasteiger partial charge on any atom is 0.343 e. The van der Waals surface area contributed by atoms with Gasteiger partial charge in [-0.05, 0) is 17.7 Å². The molecule has 0 bridgehead atoms. The lowest BCUT2D eigenvalue weighted by Crippen LogP contribution is -2.26. The Balaban J connectivity index is 1.98. The summed E-state index contributed by atoms with van der Waals surface area (Å²) in [6, 6.07) is 12.6. The number of hydrogen-bond acceptors (Lipinski definition) is 6. The first-order chi connectivity index (χ1) is 12.0. The van der Waals surface area contributed by atoms with Crippen molar-refractivity contribution in [1.82, 2.24) is 0 Å². The third-order valence-corrected chi connectivity index (χ3v) is 4.22. The summed E-state index contributed by atoms with van der Waals surface area (Å²) >= 11 is 0. The largest absolute Gasteiger partial charge is 0.425 e. The van der Waals surface area contributed by atoms with E-state index in [1.165, 1.54) is 18.2 Å². The van der Waals surface area contributed by atoms with Crippen molar-refractivity contribution in [1.29, 1.82) is 0 Å². The number of carbonyl (C=O) groups is 1. The van der Waals surface area contributed by atoms with E-state index in [1.54, 1.807) is 30.3 Å². The van der Waals surface area contributed by atoms with E-state index in [9.17, 15) is 19.7 Å². The van der Waals surface area contributed by atoms with Crippen LogP contribution in [-0.2, 0) is 4.79 Å². The average Bonchev–Trinajstić information content (AvgIpc) is 2.61. The van der Waals surface area contributed by atoms with Gasteiger partial charge >= 0.3 is 11.6 Å². The number of ether oxygens (including phenoxy) is 1. The highest BCUT2D eigenvalue weighted by molar-refractivity contribution is 5.90. The number of benzene rings is 2. The summed E-state index contributed by atoms with van der Waals surface area (Å²) in [6.07, 6.45) is -0.0860. The van der Waals surface area contributed by atoms with Crippen molar-refractivity contribution in [3.05, 3.63) is 80.2 Å². The van der Waals surface area contributed by atoms with Crippen molar-refractivity contribution in [2.24, 2.45) is 0 Å². The van der Waals surface area contributed by atoms with Gasteiger partial charge in [-0.3, -0.25) is 14.9 Å². The minimum absolute atomic E-state index is 0.0860. The number of rotatable bonds is 2. The van der Waals surface area contributed by atoms with Gasteiger partial charge in [0.1, 0.15) is 5.58 Å². The summed E-state index contributed by atoms with van der Waals surface area (Å²) < 4.78 is 10.7. The zero-order chi connectivity index (χ0) is 17.6. The molecule has 1 aromatic heterocycles. The number of para-hydroxylation sites is 1. The van der Waals surface area contributed by atoms with Crippen molar-refractivity contribution in [3.63, 3.8) is 0 Å². The van der Waals surface area contributed by atoms with Crippen molar-refractivity contribution in [2.45, 2.75) is 12.3 Å². The van der Waals surface area contributed by atoms with E-state index in [4.69, 9.17) is 9.15 Å². The molecule has 1 atom stereocenters. The highest BCUT2D eigenvalue weighted by Gasteiger charge is 2.34. The first-order valence-electron chi connectivity index (χ1n) is 7.55. The van der Waals surface area contributed by atoms with Crippen LogP contribution in [0.1, 0.15) is 23.5 Å². The normalized spacial score (nSPS) is 16.3. The van der Waals surface area contributed by atoms with Gasteiger partial charge in [0, 0.05) is 18.1 Å². The molecule has 0 saturated carbocycles. The van der Waals surface area contributed by atoms with Gasteiger partial charge in [0.25, 0.3) is 5.69 Å². The van der Waals surface area contributed by atoms with Gasteiger partial charge in [-0.25, -0.2) is 4.79 Å².